The fraction of sp³-hybridized carbons (Fsp3) is 0.588. The van der Waals surface area contributed by atoms with Crippen LogP contribution in [-0.2, 0) is 21.2 Å². The van der Waals surface area contributed by atoms with E-state index in [0.717, 1.165) is 32.7 Å². The lowest BCUT2D eigenvalue weighted by molar-refractivity contribution is -0.917. The molecule has 0 radical (unpaired) electrons. The first-order valence-corrected chi connectivity index (χ1v) is 11.4. The number of rotatable bonds is 5. The van der Waals surface area contributed by atoms with Gasteiger partial charge in [-0.2, -0.15) is 0 Å². The third-order valence-electron chi connectivity index (χ3n) is 4.75. The molecule has 0 aliphatic carbocycles. The number of carbonyl (C=O) groups is 1. The normalized spacial score (nSPS) is 24.2. The molecule has 24 heavy (non-hydrogen) atoms. The van der Waals surface area contributed by atoms with Crippen LogP contribution in [0.3, 0.4) is 0 Å². The van der Waals surface area contributed by atoms with Crippen LogP contribution in [0.25, 0.3) is 0 Å². The Kier molecular flexibility index (Phi) is 5.84. The molecular weight excluding hydrogens is 344 g/mol. The van der Waals surface area contributed by atoms with Gasteiger partial charge in [-0.15, -0.1) is 11.8 Å². The van der Waals surface area contributed by atoms with Gasteiger partial charge in [0.05, 0.1) is 43.4 Å². The van der Waals surface area contributed by atoms with Crippen molar-refractivity contribution in [3.05, 3.63) is 35.9 Å². The van der Waals surface area contributed by atoms with Crippen molar-refractivity contribution in [2.24, 2.45) is 0 Å². The number of hydrogen-bond donors (Lipinski definition) is 1. The summed E-state index contributed by atoms with van der Waals surface area (Å²) in [5, 5.41) is 0.101. The smallest absolute Gasteiger partial charge is 0.232 e. The summed E-state index contributed by atoms with van der Waals surface area (Å²) in [6, 6.07) is 10.5. The minimum Gasteiger partial charge on any atom is -0.331 e. The van der Waals surface area contributed by atoms with Gasteiger partial charge in [0.1, 0.15) is 6.54 Å². The highest BCUT2D eigenvalue weighted by molar-refractivity contribution is 8.02. The SMILES string of the molecule is O=C(CS[C@@H]1CCS(=O)(=O)C1)N1CC[NH+](Cc2ccccc2)CC1. The van der Waals surface area contributed by atoms with Crippen molar-refractivity contribution >= 4 is 27.5 Å². The average Bonchev–Trinajstić information content (AvgIpc) is 2.93. The number of piperazine rings is 1. The number of nitrogens with zero attached hydrogens (tertiary/aromatic N) is 1. The molecule has 0 spiro atoms. The number of sulfone groups is 1. The van der Waals surface area contributed by atoms with E-state index in [1.807, 2.05) is 11.0 Å². The molecule has 2 saturated heterocycles. The van der Waals surface area contributed by atoms with E-state index < -0.39 is 9.84 Å². The molecule has 2 aliphatic rings. The van der Waals surface area contributed by atoms with Crippen molar-refractivity contribution in [2.45, 2.75) is 18.2 Å². The van der Waals surface area contributed by atoms with Crippen LogP contribution in [0, 0.1) is 0 Å². The number of thioether (sulfide) groups is 1. The molecule has 0 bridgehead atoms. The van der Waals surface area contributed by atoms with Gasteiger partial charge in [-0.05, 0) is 6.42 Å². The average molecular weight is 370 g/mol. The first-order valence-electron chi connectivity index (χ1n) is 8.49. The Morgan fingerprint density at radius 1 is 1.21 bits per heavy atom. The third-order valence-corrected chi connectivity index (χ3v) is 8.02. The van der Waals surface area contributed by atoms with Crippen molar-refractivity contribution in [3.63, 3.8) is 0 Å². The first kappa shape index (κ1) is 17.8. The van der Waals surface area contributed by atoms with Crippen LogP contribution >= 0.6 is 11.8 Å². The second-order valence-electron chi connectivity index (χ2n) is 6.63. The van der Waals surface area contributed by atoms with Crippen molar-refractivity contribution in [1.29, 1.82) is 0 Å². The van der Waals surface area contributed by atoms with Crippen LogP contribution in [0.15, 0.2) is 30.3 Å². The number of nitrogens with one attached hydrogen (secondary N) is 1. The molecule has 0 aromatic heterocycles. The summed E-state index contributed by atoms with van der Waals surface area (Å²) in [6.07, 6.45) is 0.690. The minimum atomic E-state index is -2.85. The summed E-state index contributed by atoms with van der Waals surface area (Å²) in [6.45, 7) is 4.55. The van der Waals surface area contributed by atoms with E-state index in [4.69, 9.17) is 0 Å². The maximum atomic E-state index is 12.3. The first-order chi connectivity index (χ1) is 11.5. The van der Waals surface area contributed by atoms with E-state index >= 15 is 0 Å². The fourth-order valence-electron chi connectivity index (χ4n) is 3.31. The zero-order valence-electron chi connectivity index (χ0n) is 13.8. The van der Waals surface area contributed by atoms with Gasteiger partial charge in [-0.25, -0.2) is 8.42 Å². The van der Waals surface area contributed by atoms with Crippen molar-refractivity contribution in [2.75, 3.05) is 43.4 Å². The number of amides is 1. The van der Waals surface area contributed by atoms with Gasteiger partial charge in [0, 0.05) is 10.8 Å². The predicted octanol–water partition coefficient (Wildman–Crippen LogP) is -0.166. The molecule has 1 aromatic rings. The van der Waals surface area contributed by atoms with E-state index in [1.54, 1.807) is 0 Å². The second kappa shape index (κ2) is 7.89. The van der Waals surface area contributed by atoms with Crippen molar-refractivity contribution in [3.8, 4) is 0 Å². The lowest BCUT2D eigenvalue weighted by atomic mass is 10.2. The summed E-state index contributed by atoms with van der Waals surface area (Å²) in [5.41, 5.74) is 1.34. The van der Waals surface area contributed by atoms with E-state index in [9.17, 15) is 13.2 Å². The molecule has 132 valence electrons. The predicted molar refractivity (Wildman–Crippen MR) is 96.9 cm³/mol. The molecule has 1 aromatic carbocycles. The largest absolute Gasteiger partial charge is 0.331 e. The zero-order chi connectivity index (χ0) is 17.0. The van der Waals surface area contributed by atoms with Gasteiger partial charge in [0.15, 0.2) is 9.84 Å². The Morgan fingerprint density at radius 2 is 1.92 bits per heavy atom. The molecule has 7 heteroatoms. The molecule has 1 N–H and O–H groups in total. The van der Waals surface area contributed by atoms with E-state index in [1.165, 1.54) is 22.2 Å². The summed E-state index contributed by atoms with van der Waals surface area (Å²) in [7, 11) is -2.85. The highest BCUT2D eigenvalue weighted by Crippen LogP contribution is 2.24. The van der Waals surface area contributed by atoms with Gasteiger partial charge >= 0.3 is 0 Å². The maximum Gasteiger partial charge on any atom is 0.232 e. The van der Waals surface area contributed by atoms with Crippen LogP contribution in [0.5, 0.6) is 0 Å². The number of carbonyl (C=O) groups excluding carboxylic acids is 1. The highest BCUT2D eigenvalue weighted by Gasteiger charge is 2.30. The Bertz CT molecular complexity index is 656. The summed E-state index contributed by atoms with van der Waals surface area (Å²) >= 11 is 1.51. The molecular formula is C17H25N2O3S2+. The zero-order valence-corrected chi connectivity index (χ0v) is 15.4. The topological polar surface area (TPSA) is 58.9 Å². The van der Waals surface area contributed by atoms with E-state index in [-0.39, 0.29) is 22.7 Å². The van der Waals surface area contributed by atoms with E-state index in [2.05, 4.69) is 24.3 Å². The standard InChI is InChI=1S/C17H24N2O3S2/c20-17(13-23-16-6-11-24(21,22)14-16)19-9-7-18(8-10-19)12-15-4-2-1-3-5-15/h1-5,16H,6-14H2/p+1/t16-/m1/s1. The minimum absolute atomic E-state index is 0.101. The van der Waals surface area contributed by atoms with Gasteiger partial charge < -0.3 is 9.80 Å². The number of hydrogen-bond acceptors (Lipinski definition) is 4. The van der Waals surface area contributed by atoms with Gasteiger partial charge in [-0.3, -0.25) is 4.79 Å². The quantitative estimate of drug-likeness (QED) is 0.783. The Morgan fingerprint density at radius 3 is 2.54 bits per heavy atom. The maximum absolute atomic E-state index is 12.3. The molecule has 0 unspecified atom stereocenters. The van der Waals surface area contributed by atoms with E-state index in [0.29, 0.717) is 12.2 Å². The fourth-order valence-corrected chi connectivity index (χ4v) is 6.85. The van der Waals surface area contributed by atoms with Gasteiger partial charge in [-0.1, -0.05) is 30.3 Å². The molecule has 1 atom stereocenters. The molecule has 0 saturated carbocycles. The van der Waals surface area contributed by atoms with Crippen LogP contribution < -0.4 is 4.90 Å². The molecule has 2 fully saturated rings. The highest BCUT2D eigenvalue weighted by atomic mass is 32.2. The van der Waals surface area contributed by atoms with Crippen molar-refractivity contribution < 1.29 is 18.1 Å². The van der Waals surface area contributed by atoms with Gasteiger partial charge in [0.2, 0.25) is 5.91 Å². The Hall–Kier alpha value is -1.05. The monoisotopic (exact) mass is 369 g/mol. The number of benzene rings is 1. The van der Waals surface area contributed by atoms with Crippen LogP contribution in [0.1, 0.15) is 12.0 Å². The Labute approximate surface area is 148 Å². The van der Waals surface area contributed by atoms with Crippen molar-refractivity contribution in [1.82, 2.24) is 4.90 Å². The van der Waals surface area contributed by atoms with Crippen LogP contribution in [0.2, 0.25) is 0 Å². The van der Waals surface area contributed by atoms with Gasteiger partial charge in [0.25, 0.3) is 0 Å². The molecule has 2 aliphatic heterocycles. The summed E-state index contributed by atoms with van der Waals surface area (Å²) in [5.74, 6) is 1.08. The number of quaternary nitrogens is 1. The summed E-state index contributed by atoms with van der Waals surface area (Å²) in [4.78, 5) is 15.8. The molecule has 2 heterocycles. The lowest BCUT2D eigenvalue weighted by Gasteiger charge is -2.32. The van der Waals surface area contributed by atoms with Crippen LogP contribution in [0.4, 0.5) is 0 Å². The molecule has 3 rings (SSSR count). The molecule has 5 nitrogen and oxygen atoms in total. The lowest BCUT2D eigenvalue weighted by Crippen LogP contribution is -3.13. The van der Waals surface area contributed by atoms with Crippen LogP contribution in [-0.4, -0.2) is 67.9 Å². The Balaban J connectivity index is 1.39. The third kappa shape index (κ3) is 4.97. The second-order valence-corrected chi connectivity index (χ2v) is 10.1. The molecule has 1 amide bonds. The summed E-state index contributed by atoms with van der Waals surface area (Å²) < 4.78 is 22.9.